The number of hydrogen-bond donors (Lipinski definition) is 1. The second-order valence-corrected chi connectivity index (χ2v) is 1.22. The van der Waals surface area contributed by atoms with Crippen molar-refractivity contribution in [2.45, 2.75) is 13.0 Å². The predicted molar refractivity (Wildman–Crippen MR) is 26.2 cm³/mol. The van der Waals surface area contributed by atoms with Gasteiger partial charge in [-0.25, -0.2) is 0 Å². The van der Waals surface area contributed by atoms with Gasteiger partial charge < -0.3 is 5.11 Å². The summed E-state index contributed by atoms with van der Waals surface area (Å²) in [4.78, 5) is 12.1. The zero-order chi connectivity index (χ0) is 6.57. The Balaban J connectivity index is 3.82. The van der Waals surface area contributed by atoms with Gasteiger partial charge in [0, 0.05) is 4.91 Å². The van der Waals surface area contributed by atoms with Gasteiger partial charge in [0.25, 0.3) is 0 Å². The molecular formula is C3H5N3O2. The van der Waals surface area contributed by atoms with Crippen molar-refractivity contribution in [3.8, 4) is 0 Å². The summed E-state index contributed by atoms with van der Waals surface area (Å²) in [5, 5.41) is 11.0. The van der Waals surface area contributed by atoms with E-state index in [4.69, 9.17) is 10.6 Å². The summed E-state index contributed by atoms with van der Waals surface area (Å²) < 4.78 is 0. The first-order valence-corrected chi connectivity index (χ1v) is 1.95. The van der Waals surface area contributed by atoms with E-state index in [1.54, 1.807) is 0 Å². The summed E-state index contributed by atoms with van der Waals surface area (Å²) in [6.45, 7) is 1.31. The quantitative estimate of drug-likeness (QED) is 0.327. The van der Waals surface area contributed by atoms with Crippen LogP contribution in [0.25, 0.3) is 10.4 Å². The fourth-order valence-electron chi connectivity index (χ4n) is 0.127. The lowest BCUT2D eigenvalue weighted by atomic mass is 10.4. The van der Waals surface area contributed by atoms with Gasteiger partial charge in [-0.15, -0.1) is 0 Å². The van der Waals surface area contributed by atoms with Gasteiger partial charge in [0.1, 0.15) is 6.04 Å². The molecule has 0 aromatic carbocycles. The maximum Gasteiger partial charge on any atom is 0.312 e. The molecule has 0 heterocycles. The van der Waals surface area contributed by atoms with E-state index in [-0.39, 0.29) is 0 Å². The van der Waals surface area contributed by atoms with Crippen molar-refractivity contribution in [1.82, 2.24) is 0 Å². The van der Waals surface area contributed by atoms with E-state index in [1.165, 1.54) is 6.92 Å². The summed E-state index contributed by atoms with van der Waals surface area (Å²) in [7, 11) is 0. The fourth-order valence-corrected chi connectivity index (χ4v) is 0.127. The van der Waals surface area contributed by atoms with Crippen molar-refractivity contribution >= 4 is 5.97 Å². The Morgan fingerprint density at radius 1 is 2.00 bits per heavy atom. The number of rotatable bonds is 2. The van der Waals surface area contributed by atoms with Gasteiger partial charge >= 0.3 is 5.97 Å². The minimum atomic E-state index is -1.11. The highest BCUT2D eigenvalue weighted by atomic mass is 16.4. The van der Waals surface area contributed by atoms with Crippen LogP contribution >= 0.6 is 0 Å². The number of aliphatic carboxylic acids is 1. The van der Waals surface area contributed by atoms with Gasteiger partial charge in [0.2, 0.25) is 0 Å². The minimum absolute atomic E-state index is 0.958. The van der Waals surface area contributed by atoms with Gasteiger partial charge in [0.05, 0.1) is 0 Å². The molecule has 1 atom stereocenters. The average Bonchev–Trinajstić information content (AvgIpc) is 1.67. The van der Waals surface area contributed by atoms with E-state index in [0.717, 1.165) is 0 Å². The molecule has 0 amide bonds. The normalized spacial score (nSPS) is 11.6. The zero-order valence-corrected chi connectivity index (χ0v) is 4.27. The van der Waals surface area contributed by atoms with Crippen LogP contribution in [-0.4, -0.2) is 17.1 Å². The van der Waals surface area contributed by atoms with Gasteiger partial charge in [-0.2, -0.15) is 0 Å². The lowest BCUT2D eigenvalue weighted by Gasteiger charge is -1.90. The highest BCUT2D eigenvalue weighted by molar-refractivity contribution is 5.72. The molecule has 8 heavy (non-hydrogen) atoms. The van der Waals surface area contributed by atoms with E-state index in [0.29, 0.717) is 0 Å². The van der Waals surface area contributed by atoms with Crippen LogP contribution in [0.1, 0.15) is 6.92 Å². The number of nitrogens with zero attached hydrogens (tertiary/aromatic N) is 3. The number of azide groups is 1. The second-order valence-electron chi connectivity index (χ2n) is 1.22. The first-order valence-electron chi connectivity index (χ1n) is 1.95. The molecule has 0 fully saturated rings. The smallest absolute Gasteiger partial charge is 0.312 e. The molecule has 0 aliphatic heterocycles. The molecule has 0 aromatic rings. The highest BCUT2D eigenvalue weighted by Gasteiger charge is 2.05. The number of carbonyl (C=O) groups is 1. The van der Waals surface area contributed by atoms with Gasteiger partial charge in [-0.3, -0.25) is 4.79 Å². The van der Waals surface area contributed by atoms with Crippen LogP contribution in [0.2, 0.25) is 0 Å². The third-order valence-electron chi connectivity index (χ3n) is 0.582. The van der Waals surface area contributed by atoms with Crippen LogP contribution in [0, 0.1) is 0 Å². The third kappa shape index (κ3) is 2.04. The van der Waals surface area contributed by atoms with E-state index >= 15 is 0 Å². The first-order chi connectivity index (χ1) is 3.68. The summed E-state index contributed by atoms with van der Waals surface area (Å²) in [5.41, 5.74) is 7.68. The molecule has 1 unspecified atom stereocenters. The topological polar surface area (TPSA) is 86.1 Å². The largest absolute Gasteiger partial charge is 0.481 e. The molecule has 0 aromatic heterocycles. The van der Waals surface area contributed by atoms with Crippen molar-refractivity contribution in [3.63, 3.8) is 0 Å². The van der Waals surface area contributed by atoms with Crippen LogP contribution in [0.3, 0.4) is 0 Å². The van der Waals surface area contributed by atoms with Crippen molar-refractivity contribution in [3.05, 3.63) is 10.4 Å². The van der Waals surface area contributed by atoms with E-state index < -0.39 is 12.0 Å². The molecule has 0 spiro atoms. The highest BCUT2D eigenvalue weighted by Crippen LogP contribution is 1.86. The molecule has 1 N–H and O–H groups in total. The first kappa shape index (κ1) is 6.78. The molecule has 0 rings (SSSR count). The zero-order valence-electron chi connectivity index (χ0n) is 4.27. The number of carboxylic acid groups (broad SMARTS) is 1. The van der Waals surface area contributed by atoms with Gasteiger partial charge in [-0.05, 0) is 12.5 Å². The standard InChI is InChI=1S/C3H5N3O2/c1-2(3(7)8)5-6-4/h2H,1H3,(H,7,8). The molecule has 0 saturated carbocycles. The SMILES string of the molecule is CC(N=[N+]=[N-])C(=O)O. The monoisotopic (exact) mass is 115 g/mol. The Kier molecular flexibility index (Phi) is 2.43. The van der Waals surface area contributed by atoms with E-state index in [1.807, 2.05) is 0 Å². The number of hydrogen-bond acceptors (Lipinski definition) is 2. The van der Waals surface area contributed by atoms with Crippen molar-refractivity contribution in [2.75, 3.05) is 0 Å². The summed E-state index contributed by atoms with van der Waals surface area (Å²) in [6, 6.07) is -0.958. The van der Waals surface area contributed by atoms with Gasteiger partial charge in [-0.1, -0.05) is 5.11 Å². The van der Waals surface area contributed by atoms with E-state index in [2.05, 4.69) is 10.0 Å². The van der Waals surface area contributed by atoms with Gasteiger partial charge in [0.15, 0.2) is 0 Å². The molecule has 5 nitrogen and oxygen atoms in total. The Morgan fingerprint density at radius 3 is 2.62 bits per heavy atom. The molecule has 5 heteroatoms. The molecule has 0 saturated heterocycles. The van der Waals surface area contributed by atoms with E-state index in [9.17, 15) is 4.79 Å². The molecule has 44 valence electrons. The van der Waals surface area contributed by atoms with Crippen LogP contribution < -0.4 is 0 Å². The lowest BCUT2D eigenvalue weighted by Crippen LogP contribution is -2.11. The third-order valence-corrected chi connectivity index (χ3v) is 0.582. The maximum atomic E-state index is 9.82. The van der Waals surface area contributed by atoms with Crippen molar-refractivity contribution in [2.24, 2.45) is 5.11 Å². The van der Waals surface area contributed by atoms with Crippen LogP contribution in [0.15, 0.2) is 5.11 Å². The molecule has 0 radical (unpaired) electrons. The Labute approximate surface area is 45.6 Å². The lowest BCUT2D eigenvalue weighted by molar-refractivity contribution is -0.138. The summed E-state index contributed by atoms with van der Waals surface area (Å²) in [6.07, 6.45) is 0. The van der Waals surface area contributed by atoms with Crippen LogP contribution in [0.5, 0.6) is 0 Å². The van der Waals surface area contributed by atoms with Crippen molar-refractivity contribution < 1.29 is 9.90 Å². The fraction of sp³-hybridized carbons (Fsp3) is 0.667. The second kappa shape index (κ2) is 2.87. The Morgan fingerprint density at radius 2 is 2.50 bits per heavy atom. The maximum absolute atomic E-state index is 9.82. The Hall–Kier alpha value is -1.22. The average molecular weight is 115 g/mol. The van der Waals surface area contributed by atoms with Crippen LogP contribution in [0.4, 0.5) is 0 Å². The Bertz CT molecular complexity index is 135. The molecular weight excluding hydrogens is 110 g/mol. The predicted octanol–water partition coefficient (Wildman–Crippen LogP) is 0.770. The molecule has 0 aliphatic carbocycles. The summed E-state index contributed by atoms with van der Waals surface area (Å²) >= 11 is 0. The number of carboxylic acids is 1. The van der Waals surface area contributed by atoms with Crippen molar-refractivity contribution in [1.29, 1.82) is 0 Å². The summed E-state index contributed by atoms with van der Waals surface area (Å²) in [5.74, 6) is -1.11. The minimum Gasteiger partial charge on any atom is -0.481 e. The van der Waals surface area contributed by atoms with Crippen LogP contribution in [-0.2, 0) is 4.79 Å². The molecule has 0 bridgehead atoms. The molecule has 0 aliphatic rings.